The average Bonchev–Trinajstić information content (AvgIpc) is 3.22. The van der Waals surface area contributed by atoms with Crippen LogP contribution in [-0.2, 0) is 23.1 Å². The van der Waals surface area contributed by atoms with Crippen molar-refractivity contribution in [3.05, 3.63) is 24.3 Å². The predicted octanol–water partition coefficient (Wildman–Crippen LogP) is 15.7. The minimum Gasteiger partial charge on any atom is -0.463 e. The van der Waals surface area contributed by atoms with E-state index in [4.69, 9.17) is 13.8 Å². The average molecular weight is 885 g/mol. The maximum atomic E-state index is 12.0. The standard InChI is InChI=1S/C52H102NO7P/c1-5-6-7-8-9-10-11-12-13-14-15-16-17-18-19-20-21-22-23-24-25-26-27-28-29-30-31-32-33-34-35-36-37-38-39-40-41-42-43-44-45-46-52(55)58-49-51(54)50-60-61(56,57)59-48-47-53(2,3)4/h11-12,14-15,51,54H,5-10,13,16-50H2,1-4H3/p+1/b12-11-,15-14-. The summed E-state index contributed by atoms with van der Waals surface area (Å²) in [6, 6.07) is 0. The van der Waals surface area contributed by atoms with Crippen LogP contribution in [0.5, 0.6) is 0 Å². The van der Waals surface area contributed by atoms with E-state index in [9.17, 15) is 19.4 Å². The Morgan fingerprint density at radius 1 is 0.508 bits per heavy atom. The molecular formula is C52H103NO7P+. The lowest BCUT2D eigenvalue weighted by molar-refractivity contribution is -0.870. The molecule has 0 saturated heterocycles. The van der Waals surface area contributed by atoms with E-state index >= 15 is 0 Å². The molecule has 0 bridgehead atoms. The first-order valence-corrected chi connectivity index (χ1v) is 27.6. The van der Waals surface area contributed by atoms with Crippen LogP contribution in [0.1, 0.15) is 251 Å². The number of aliphatic hydroxyl groups is 1. The summed E-state index contributed by atoms with van der Waals surface area (Å²) < 4.78 is 27.3. The van der Waals surface area contributed by atoms with Gasteiger partial charge in [0.05, 0.1) is 27.7 Å². The first-order valence-electron chi connectivity index (χ1n) is 26.1. The van der Waals surface area contributed by atoms with E-state index in [1.54, 1.807) is 0 Å². The molecule has 2 unspecified atom stereocenters. The molecule has 0 aromatic carbocycles. The normalized spacial score (nSPS) is 13.7. The molecule has 8 nitrogen and oxygen atoms in total. The van der Waals surface area contributed by atoms with Crippen LogP contribution in [0.25, 0.3) is 0 Å². The van der Waals surface area contributed by atoms with Crippen LogP contribution in [0.4, 0.5) is 0 Å². The van der Waals surface area contributed by atoms with E-state index in [2.05, 4.69) is 31.2 Å². The van der Waals surface area contributed by atoms with Crippen LogP contribution in [-0.4, -0.2) is 74.1 Å². The summed E-state index contributed by atoms with van der Waals surface area (Å²) in [6.45, 7) is 2.16. The van der Waals surface area contributed by atoms with Crippen LogP contribution >= 0.6 is 7.82 Å². The van der Waals surface area contributed by atoms with Gasteiger partial charge < -0.3 is 19.2 Å². The molecule has 0 rings (SSSR count). The van der Waals surface area contributed by atoms with E-state index in [0.717, 1.165) is 25.7 Å². The fraction of sp³-hybridized carbons (Fsp3) is 0.904. The largest absolute Gasteiger partial charge is 0.472 e. The van der Waals surface area contributed by atoms with Crippen LogP contribution in [0, 0.1) is 0 Å². The van der Waals surface area contributed by atoms with Crippen LogP contribution in [0.3, 0.4) is 0 Å². The van der Waals surface area contributed by atoms with Gasteiger partial charge in [0.25, 0.3) is 0 Å². The van der Waals surface area contributed by atoms with Crippen molar-refractivity contribution in [3.8, 4) is 0 Å². The lowest BCUT2D eigenvalue weighted by atomic mass is 10.0. The number of aliphatic hydroxyl groups excluding tert-OH is 1. The van der Waals surface area contributed by atoms with Gasteiger partial charge in [0.15, 0.2) is 0 Å². The molecule has 0 aliphatic rings. The Hall–Kier alpha value is -1.02. The van der Waals surface area contributed by atoms with E-state index < -0.39 is 20.5 Å². The minimum atomic E-state index is -4.25. The summed E-state index contributed by atoms with van der Waals surface area (Å²) in [5, 5.41) is 9.93. The molecule has 0 amide bonds. The number of ether oxygens (including phenoxy) is 1. The monoisotopic (exact) mass is 885 g/mol. The summed E-state index contributed by atoms with van der Waals surface area (Å²) in [4.78, 5) is 21.7. The molecule has 2 atom stereocenters. The van der Waals surface area contributed by atoms with Crippen molar-refractivity contribution in [2.24, 2.45) is 0 Å². The lowest BCUT2D eigenvalue weighted by Crippen LogP contribution is -2.37. The number of esters is 1. The smallest absolute Gasteiger partial charge is 0.463 e. The van der Waals surface area contributed by atoms with Gasteiger partial charge in [-0.25, -0.2) is 4.57 Å². The first kappa shape index (κ1) is 60.0. The maximum absolute atomic E-state index is 12.0. The highest BCUT2D eigenvalue weighted by molar-refractivity contribution is 7.47. The van der Waals surface area contributed by atoms with Gasteiger partial charge in [-0.2, -0.15) is 0 Å². The highest BCUT2D eigenvalue weighted by Crippen LogP contribution is 2.43. The SMILES string of the molecule is CCCCCCC/C=C\C/C=C\CCCCCCCCCCCCCCCCCCCCCCCCCCCCCCCC(=O)OCC(O)COP(=O)(O)OCC[N+](C)(C)C. The van der Waals surface area contributed by atoms with E-state index in [1.165, 1.54) is 212 Å². The Labute approximate surface area is 379 Å². The van der Waals surface area contributed by atoms with Crippen molar-refractivity contribution in [2.75, 3.05) is 47.5 Å². The van der Waals surface area contributed by atoms with Gasteiger partial charge in [0.2, 0.25) is 0 Å². The Balaban J connectivity index is 3.28. The number of phosphoric acid groups is 1. The zero-order valence-electron chi connectivity index (χ0n) is 40.9. The number of unbranched alkanes of at least 4 members (excludes halogenated alkanes) is 34. The van der Waals surface area contributed by atoms with Crippen molar-refractivity contribution in [1.29, 1.82) is 0 Å². The number of nitrogens with zero attached hydrogens (tertiary/aromatic N) is 1. The van der Waals surface area contributed by atoms with Crippen molar-refractivity contribution in [3.63, 3.8) is 0 Å². The zero-order valence-corrected chi connectivity index (χ0v) is 41.8. The maximum Gasteiger partial charge on any atom is 0.472 e. The number of hydrogen-bond acceptors (Lipinski definition) is 6. The Kier molecular flexibility index (Phi) is 44.8. The quantitative estimate of drug-likeness (QED) is 0.0206. The summed E-state index contributed by atoms with van der Waals surface area (Å²) in [7, 11) is 1.57. The van der Waals surface area contributed by atoms with Gasteiger partial charge in [-0.1, -0.05) is 230 Å². The van der Waals surface area contributed by atoms with Crippen molar-refractivity contribution >= 4 is 13.8 Å². The molecule has 0 aliphatic heterocycles. The number of allylic oxidation sites excluding steroid dienone is 4. The molecule has 0 spiro atoms. The van der Waals surface area contributed by atoms with Crippen LogP contribution in [0.15, 0.2) is 24.3 Å². The Bertz CT molecular complexity index is 1030. The molecule has 362 valence electrons. The van der Waals surface area contributed by atoms with Gasteiger partial charge in [-0.3, -0.25) is 13.8 Å². The van der Waals surface area contributed by atoms with Crippen LogP contribution < -0.4 is 0 Å². The van der Waals surface area contributed by atoms with E-state index in [0.29, 0.717) is 17.4 Å². The molecule has 0 aliphatic carbocycles. The van der Waals surface area contributed by atoms with Gasteiger partial charge in [-0.05, 0) is 38.5 Å². The molecule has 0 heterocycles. The fourth-order valence-corrected chi connectivity index (χ4v) is 8.38. The number of hydrogen-bond donors (Lipinski definition) is 2. The topological polar surface area (TPSA) is 102 Å². The molecule has 0 aromatic heterocycles. The fourth-order valence-electron chi connectivity index (χ4n) is 7.63. The number of quaternary nitrogens is 1. The second-order valence-corrected chi connectivity index (χ2v) is 20.6. The van der Waals surface area contributed by atoms with E-state index in [1.807, 2.05) is 21.1 Å². The van der Waals surface area contributed by atoms with Crippen molar-refractivity contribution < 1.29 is 37.6 Å². The van der Waals surface area contributed by atoms with Crippen LogP contribution in [0.2, 0.25) is 0 Å². The second-order valence-electron chi connectivity index (χ2n) is 19.1. The molecule has 9 heteroatoms. The highest BCUT2D eigenvalue weighted by atomic mass is 31.2. The number of rotatable bonds is 49. The third kappa shape index (κ3) is 51.5. The van der Waals surface area contributed by atoms with Crippen molar-refractivity contribution in [2.45, 2.75) is 257 Å². The Morgan fingerprint density at radius 2 is 0.852 bits per heavy atom. The van der Waals surface area contributed by atoms with E-state index in [-0.39, 0.29) is 19.2 Å². The van der Waals surface area contributed by atoms with Gasteiger partial charge in [0.1, 0.15) is 25.9 Å². The number of carbonyl (C=O) groups excluding carboxylic acids is 1. The molecule has 61 heavy (non-hydrogen) atoms. The van der Waals surface area contributed by atoms with Crippen molar-refractivity contribution in [1.82, 2.24) is 0 Å². The summed E-state index contributed by atoms with van der Waals surface area (Å²) in [5.74, 6) is -0.365. The first-order chi connectivity index (χ1) is 29.6. The molecule has 0 fully saturated rings. The minimum absolute atomic E-state index is 0.0566. The molecule has 2 N–H and O–H groups in total. The third-order valence-electron chi connectivity index (χ3n) is 11.7. The number of likely N-dealkylation sites (N-methyl/N-ethyl adjacent to an activating group) is 1. The second kappa shape index (κ2) is 45.5. The summed E-state index contributed by atoms with van der Waals surface area (Å²) >= 11 is 0. The lowest BCUT2D eigenvalue weighted by Gasteiger charge is -2.24. The summed E-state index contributed by atoms with van der Waals surface area (Å²) in [6.07, 6.45) is 58.5. The number of carbonyl (C=O) groups is 1. The third-order valence-corrected chi connectivity index (χ3v) is 12.7. The zero-order chi connectivity index (χ0) is 44.8. The van der Waals surface area contributed by atoms with Gasteiger partial charge >= 0.3 is 13.8 Å². The molecule has 0 aromatic rings. The summed E-state index contributed by atoms with van der Waals surface area (Å²) in [5.41, 5.74) is 0. The van der Waals surface area contributed by atoms with Gasteiger partial charge in [0, 0.05) is 6.42 Å². The van der Waals surface area contributed by atoms with Gasteiger partial charge in [-0.15, -0.1) is 0 Å². The molecule has 0 saturated carbocycles. The highest BCUT2D eigenvalue weighted by Gasteiger charge is 2.24. The predicted molar refractivity (Wildman–Crippen MR) is 261 cm³/mol. The molecular weight excluding hydrogens is 782 g/mol. The Morgan fingerprint density at radius 3 is 1.21 bits per heavy atom. The molecule has 0 radical (unpaired) electrons. The number of phosphoric ester groups is 1.